The molecule has 1 aliphatic heterocycles. The summed E-state index contributed by atoms with van der Waals surface area (Å²) >= 11 is 6.35. The van der Waals surface area contributed by atoms with Crippen molar-refractivity contribution in [2.45, 2.75) is 32.6 Å². The van der Waals surface area contributed by atoms with Crippen LogP contribution in [0.1, 0.15) is 30.9 Å². The van der Waals surface area contributed by atoms with Gasteiger partial charge in [0, 0.05) is 29.6 Å². The van der Waals surface area contributed by atoms with Gasteiger partial charge in [-0.15, -0.1) is 0 Å². The molecule has 4 rings (SSSR count). The van der Waals surface area contributed by atoms with E-state index in [9.17, 15) is 9.59 Å². The number of hydrogen-bond acceptors (Lipinski definition) is 3. The van der Waals surface area contributed by atoms with E-state index in [0.717, 1.165) is 29.4 Å². The number of rotatable bonds is 5. The van der Waals surface area contributed by atoms with Gasteiger partial charge < -0.3 is 14.6 Å². The normalized spacial score (nSPS) is 14.1. The Balaban J connectivity index is 1.47. The lowest BCUT2D eigenvalue weighted by Gasteiger charge is -2.18. The van der Waals surface area contributed by atoms with Gasteiger partial charge in [0.2, 0.25) is 11.8 Å². The number of carbonyl (C=O) groups excluding carboxylic acids is 2. The molecule has 0 spiro atoms. The van der Waals surface area contributed by atoms with Crippen LogP contribution in [0.4, 0.5) is 11.4 Å². The summed E-state index contributed by atoms with van der Waals surface area (Å²) in [6, 6.07) is 11.3. The van der Waals surface area contributed by atoms with Crippen LogP contribution in [0.15, 0.2) is 47.1 Å². The molecule has 0 saturated carbocycles. The quantitative estimate of drug-likeness (QED) is 0.663. The van der Waals surface area contributed by atoms with E-state index in [-0.39, 0.29) is 18.2 Å². The second-order valence-corrected chi connectivity index (χ2v) is 7.39. The molecule has 144 valence electrons. The summed E-state index contributed by atoms with van der Waals surface area (Å²) in [6.07, 6.45) is 4.17. The van der Waals surface area contributed by atoms with E-state index >= 15 is 0 Å². The molecule has 1 aromatic heterocycles. The fraction of sp³-hybridized carbons (Fsp3) is 0.273. The van der Waals surface area contributed by atoms with Crippen molar-refractivity contribution in [3.63, 3.8) is 0 Å². The molecule has 2 aromatic carbocycles. The predicted octanol–water partition coefficient (Wildman–Crippen LogP) is 4.96. The minimum Gasteiger partial charge on any atom is -0.464 e. The number of carbonyl (C=O) groups is 2. The van der Waals surface area contributed by atoms with Gasteiger partial charge in [-0.05, 0) is 42.7 Å². The Kier molecular flexibility index (Phi) is 5.09. The molecule has 0 bridgehead atoms. The number of nitrogens with zero attached hydrogens (tertiary/aromatic N) is 1. The highest BCUT2D eigenvalue weighted by Crippen LogP contribution is 2.32. The molecule has 28 heavy (non-hydrogen) atoms. The molecule has 0 unspecified atom stereocenters. The zero-order chi connectivity index (χ0) is 19.7. The van der Waals surface area contributed by atoms with Crippen molar-refractivity contribution in [2.24, 2.45) is 0 Å². The molecule has 3 aromatic rings. The smallest absolute Gasteiger partial charge is 0.228 e. The maximum atomic E-state index is 12.5. The first kappa shape index (κ1) is 18.6. The van der Waals surface area contributed by atoms with E-state index in [1.165, 1.54) is 5.56 Å². The summed E-state index contributed by atoms with van der Waals surface area (Å²) in [7, 11) is 0. The highest BCUT2D eigenvalue weighted by atomic mass is 35.5. The van der Waals surface area contributed by atoms with Gasteiger partial charge in [0.1, 0.15) is 5.58 Å². The Morgan fingerprint density at radius 1 is 1.25 bits per heavy atom. The Morgan fingerprint density at radius 3 is 2.82 bits per heavy atom. The lowest BCUT2D eigenvalue weighted by atomic mass is 10.1. The Labute approximate surface area is 168 Å². The zero-order valence-corrected chi connectivity index (χ0v) is 16.4. The molecule has 1 aliphatic rings. The maximum absolute atomic E-state index is 12.5. The summed E-state index contributed by atoms with van der Waals surface area (Å²) in [5.41, 5.74) is 4.13. The van der Waals surface area contributed by atoms with E-state index < -0.39 is 0 Å². The number of anilines is 2. The second kappa shape index (κ2) is 7.68. The van der Waals surface area contributed by atoms with Crippen molar-refractivity contribution in [1.82, 2.24) is 0 Å². The molecule has 6 heteroatoms. The van der Waals surface area contributed by atoms with Gasteiger partial charge in [-0.2, -0.15) is 0 Å². The number of aryl methyl sites for hydroxylation is 1. The summed E-state index contributed by atoms with van der Waals surface area (Å²) < 4.78 is 5.61. The van der Waals surface area contributed by atoms with Gasteiger partial charge in [0.25, 0.3) is 0 Å². The summed E-state index contributed by atoms with van der Waals surface area (Å²) in [5.74, 6) is -0.0694. The maximum Gasteiger partial charge on any atom is 0.228 e. The third kappa shape index (κ3) is 3.62. The van der Waals surface area contributed by atoms with Crippen LogP contribution in [0.5, 0.6) is 0 Å². The van der Waals surface area contributed by atoms with Crippen LogP contribution in [0, 0.1) is 0 Å². The predicted molar refractivity (Wildman–Crippen MR) is 111 cm³/mol. The van der Waals surface area contributed by atoms with E-state index in [1.54, 1.807) is 29.4 Å². The van der Waals surface area contributed by atoms with E-state index in [1.807, 2.05) is 12.1 Å². The summed E-state index contributed by atoms with van der Waals surface area (Å²) in [4.78, 5) is 26.1. The highest BCUT2D eigenvalue weighted by molar-refractivity contribution is 6.34. The highest BCUT2D eigenvalue weighted by Gasteiger charge is 2.23. The second-order valence-electron chi connectivity index (χ2n) is 6.99. The monoisotopic (exact) mass is 396 g/mol. The number of hydrogen-bond donors (Lipinski definition) is 1. The molecule has 1 N–H and O–H groups in total. The van der Waals surface area contributed by atoms with Crippen molar-refractivity contribution in [2.75, 3.05) is 16.8 Å². The van der Waals surface area contributed by atoms with Crippen molar-refractivity contribution in [3.05, 3.63) is 58.8 Å². The molecule has 5 nitrogen and oxygen atoms in total. The van der Waals surface area contributed by atoms with Gasteiger partial charge in [-0.1, -0.05) is 30.7 Å². The van der Waals surface area contributed by atoms with Crippen molar-refractivity contribution in [3.8, 4) is 0 Å². The number of furan rings is 1. The topological polar surface area (TPSA) is 62.6 Å². The molecule has 0 atom stereocenters. The molecule has 2 amide bonds. The first-order valence-electron chi connectivity index (χ1n) is 9.44. The third-order valence-corrected chi connectivity index (χ3v) is 5.38. The number of halogens is 1. The largest absolute Gasteiger partial charge is 0.464 e. The fourth-order valence-corrected chi connectivity index (χ4v) is 3.85. The van der Waals surface area contributed by atoms with Gasteiger partial charge in [0.15, 0.2) is 0 Å². The van der Waals surface area contributed by atoms with Crippen LogP contribution in [0.3, 0.4) is 0 Å². The van der Waals surface area contributed by atoms with Crippen LogP contribution in [-0.4, -0.2) is 18.4 Å². The summed E-state index contributed by atoms with van der Waals surface area (Å²) in [6.45, 7) is 2.77. The lowest BCUT2D eigenvalue weighted by molar-refractivity contribution is -0.117. The minimum atomic E-state index is -0.150. The first-order chi connectivity index (χ1) is 13.5. The lowest BCUT2D eigenvalue weighted by Crippen LogP contribution is -2.24. The average Bonchev–Trinajstić information content (AvgIpc) is 3.28. The summed E-state index contributed by atoms with van der Waals surface area (Å²) in [5, 5.41) is 4.27. The SMILES string of the molecule is CCc1ccc2c(CC(=O)Nc3ccc(N4CCCC4=O)c(Cl)c3)coc2c1. The van der Waals surface area contributed by atoms with Gasteiger partial charge in [-0.25, -0.2) is 0 Å². The third-order valence-electron chi connectivity index (χ3n) is 5.08. The molecular weight excluding hydrogens is 376 g/mol. The molecule has 1 fully saturated rings. The average molecular weight is 397 g/mol. The van der Waals surface area contributed by atoms with Crippen molar-refractivity contribution < 1.29 is 14.0 Å². The standard InChI is InChI=1S/C22H21ClN2O3/c1-2-14-5-7-17-15(13-28-20(17)10-14)11-21(26)24-16-6-8-19(18(23)12-16)25-9-3-4-22(25)27/h5-8,10,12-13H,2-4,9,11H2,1H3,(H,24,26). The van der Waals surface area contributed by atoms with E-state index in [4.69, 9.17) is 16.0 Å². The van der Waals surface area contributed by atoms with Crippen molar-refractivity contribution in [1.29, 1.82) is 0 Å². The van der Waals surface area contributed by atoms with Crippen LogP contribution in [0.2, 0.25) is 5.02 Å². The van der Waals surface area contributed by atoms with Gasteiger partial charge in [0.05, 0.1) is 23.4 Å². The Bertz CT molecular complexity index is 1060. The van der Waals surface area contributed by atoms with Crippen LogP contribution < -0.4 is 10.2 Å². The Hall–Kier alpha value is -2.79. The molecule has 0 aliphatic carbocycles. The number of fused-ring (bicyclic) bond motifs is 1. The van der Waals surface area contributed by atoms with E-state index in [0.29, 0.717) is 29.4 Å². The van der Waals surface area contributed by atoms with E-state index in [2.05, 4.69) is 18.3 Å². The number of nitrogens with one attached hydrogen (secondary N) is 1. The van der Waals surface area contributed by atoms with Crippen LogP contribution >= 0.6 is 11.6 Å². The Morgan fingerprint density at radius 2 is 2.11 bits per heavy atom. The minimum absolute atomic E-state index is 0.0803. The van der Waals surface area contributed by atoms with Gasteiger partial charge in [-0.3, -0.25) is 9.59 Å². The molecule has 2 heterocycles. The zero-order valence-electron chi connectivity index (χ0n) is 15.6. The molecule has 1 saturated heterocycles. The number of amides is 2. The van der Waals surface area contributed by atoms with Crippen LogP contribution in [-0.2, 0) is 22.4 Å². The van der Waals surface area contributed by atoms with Crippen LogP contribution in [0.25, 0.3) is 11.0 Å². The van der Waals surface area contributed by atoms with Gasteiger partial charge >= 0.3 is 0 Å². The first-order valence-corrected chi connectivity index (χ1v) is 9.81. The molecule has 0 radical (unpaired) electrons. The number of benzene rings is 2. The molecular formula is C22H21ClN2O3. The fourth-order valence-electron chi connectivity index (χ4n) is 3.57. The van der Waals surface area contributed by atoms with Crippen molar-refractivity contribution >= 4 is 45.8 Å².